The summed E-state index contributed by atoms with van der Waals surface area (Å²) in [5, 5.41) is 0. The third kappa shape index (κ3) is 2.99. The Morgan fingerprint density at radius 3 is 2.73 bits per heavy atom. The lowest BCUT2D eigenvalue weighted by atomic mass is 10.0. The number of likely N-dealkylation sites (tertiary alicyclic amines) is 1. The molecule has 0 saturated carbocycles. The van der Waals surface area contributed by atoms with Gasteiger partial charge in [-0.3, -0.25) is 4.79 Å². The zero-order valence-electron chi connectivity index (χ0n) is 12.5. The fourth-order valence-corrected chi connectivity index (χ4v) is 2.70. The van der Waals surface area contributed by atoms with Crippen molar-refractivity contribution in [3.05, 3.63) is 57.7 Å². The number of carbonyl (C=O) groups is 1. The zero-order valence-corrected chi connectivity index (χ0v) is 14.1. The van der Waals surface area contributed by atoms with E-state index in [-0.39, 0.29) is 12.0 Å². The van der Waals surface area contributed by atoms with Crippen molar-refractivity contribution >= 4 is 21.8 Å². The molecule has 114 valence electrons. The molecule has 0 radical (unpaired) electrons. The number of ether oxygens (including phenoxy) is 1. The smallest absolute Gasteiger partial charge is 0.254 e. The van der Waals surface area contributed by atoms with Crippen molar-refractivity contribution in [2.24, 2.45) is 0 Å². The Morgan fingerprint density at radius 1 is 1.27 bits per heavy atom. The number of amides is 1. The number of aryl methyl sites for hydroxylation is 2. The van der Waals surface area contributed by atoms with Crippen molar-refractivity contribution in [3.63, 3.8) is 0 Å². The summed E-state index contributed by atoms with van der Waals surface area (Å²) in [5.74, 6) is 0.633. The van der Waals surface area contributed by atoms with Crippen LogP contribution >= 0.6 is 15.9 Å². The first-order valence-electron chi connectivity index (χ1n) is 7.18. The molecule has 1 aliphatic rings. The maximum absolute atomic E-state index is 12.4. The lowest BCUT2D eigenvalue weighted by Crippen LogP contribution is -2.56. The van der Waals surface area contributed by atoms with Crippen LogP contribution in [-0.2, 0) is 0 Å². The van der Waals surface area contributed by atoms with E-state index in [2.05, 4.69) is 20.9 Å². The van der Waals surface area contributed by atoms with Crippen LogP contribution in [0.1, 0.15) is 21.5 Å². The summed E-state index contributed by atoms with van der Waals surface area (Å²) in [7, 11) is 0. The van der Waals surface area contributed by atoms with Gasteiger partial charge in [-0.15, -0.1) is 0 Å². The van der Waals surface area contributed by atoms with Gasteiger partial charge in [0.25, 0.3) is 5.91 Å². The van der Waals surface area contributed by atoms with E-state index >= 15 is 0 Å². The number of halogens is 1. The molecule has 2 heterocycles. The molecule has 0 atom stereocenters. The van der Waals surface area contributed by atoms with Gasteiger partial charge >= 0.3 is 0 Å². The Bertz CT molecular complexity index is 712. The number of nitrogens with zero attached hydrogens (tertiary/aromatic N) is 2. The van der Waals surface area contributed by atoms with Crippen LogP contribution in [0.25, 0.3) is 0 Å². The molecule has 5 heteroatoms. The highest BCUT2D eigenvalue weighted by molar-refractivity contribution is 9.10. The third-order valence-electron chi connectivity index (χ3n) is 3.89. The van der Waals surface area contributed by atoms with Crippen LogP contribution < -0.4 is 4.74 Å². The normalized spacial score (nSPS) is 14.6. The second kappa shape index (κ2) is 6.08. The van der Waals surface area contributed by atoms with E-state index in [4.69, 9.17) is 4.74 Å². The highest BCUT2D eigenvalue weighted by Crippen LogP contribution is 2.25. The van der Waals surface area contributed by atoms with Crippen molar-refractivity contribution < 1.29 is 9.53 Å². The van der Waals surface area contributed by atoms with Gasteiger partial charge in [0.05, 0.1) is 17.6 Å². The lowest BCUT2D eigenvalue weighted by molar-refractivity contribution is 0.0157. The van der Waals surface area contributed by atoms with Gasteiger partial charge in [0, 0.05) is 11.8 Å². The summed E-state index contributed by atoms with van der Waals surface area (Å²) in [6.45, 7) is 5.25. The minimum absolute atomic E-state index is 0.00157. The molecular weight excluding hydrogens is 344 g/mol. The van der Waals surface area contributed by atoms with Crippen molar-refractivity contribution in [2.75, 3.05) is 13.1 Å². The Labute approximate surface area is 138 Å². The molecule has 2 aromatic rings. The first-order chi connectivity index (χ1) is 10.5. The molecule has 0 N–H and O–H groups in total. The standard InChI is InChI=1S/C17H17BrN2O2/c1-11-5-6-13(8-12(11)2)17(21)20-9-14(10-20)22-16-15(18)4-3-7-19-16/h3-8,14H,9-10H2,1-2H3. The third-order valence-corrected chi connectivity index (χ3v) is 4.50. The highest BCUT2D eigenvalue weighted by atomic mass is 79.9. The zero-order chi connectivity index (χ0) is 15.7. The predicted octanol–water partition coefficient (Wildman–Crippen LogP) is 3.36. The Kier molecular flexibility index (Phi) is 4.16. The minimum Gasteiger partial charge on any atom is -0.470 e. The fourth-order valence-electron chi connectivity index (χ4n) is 2.35. The van der Waals surface area contributed by atoms with E-state index in [1.54, 1.807) is 11.1 Å². The molecule has 4 nitrogen and oxygen atoms in total. The summed E-state index contributed by atoms with van der Waals surface area (Å²) in [6.07, 6.45) is 1.69. The first-order valence-corrected chi connectivity index (χ1v) is 7.97. The van der Waals surface area contributed by atoms with Crippen LogP contribution in [0, 0.1) is 13.8 Å². The van der Waals surface area contributed by atoms with E-state index in [1.165, 1.54) is 5.56 Å². The van der Waals surface area contributed by atoms with Gasteiger partial charge in [-0.25, -0.2) is 4.98 Å². The molecule has 0 aliphatic carbocycles. The number of hydrogen-bond donors (Lipinski definition) is 0. The molecule has 1 aromatic heterocycles. The van der Waals surface area contributed by atoms with Crippen LogP contribution in [0.2, 0.25) is 0 Å². The molecule has 1 amide bonds. The summed E-state index contributed by atoms with van der Waals surface area (Å²) < 4.78 is 6.62. The van der Waals surface area contributed by atoms with Crippen molar-refractivity contribution in [2.45, 2.75) is 20.0 Å². The molecule has 22 heavy (non-hydrogen) atoms. The van der Waals surface area contributed by atoms with Crippen LogP contribution in [0.4, 0.5) is 0 Å². The number of rotatable bonds is 3. The van der Waals surface area contributed by atoms with Crippen LogP contribution in [0.3, 0.4) is 0 Å². The fraction of sp³-hybridized carbons (Fsp3) is 0.294. The number of pyridine rings is 1. The number of aromatic nitrogens is 1. The largest absolute Gasteiger partial charge is 0.470 e. The Morgan fingerprint density at radius 2 is 2.05 bits per heavy atom. The number of hydrogen-bond acceptors (Lipinski definition) is 3. The van der Waals surface area contributed by atoms with E-state index in [0.717, 1.165) is 15.6 Å². The number of carbonyl (C=O) groups excluding carboxylic acids is 1. The first kappa shape index (κ1) is 15.0. The maximum Gasteiger partial charge on any atom is 0.254 e. The van der Waals surface area contributed by atoms with Gasteiger partial charge in [0.1, 0.15) is 6.10 Å². The molecule has 1 aromatic carbocycles. The molecule has 1 aliphatic heterocycles. The summed E-state index contributed by atoms with van der Waals surface area (Å²) >= 11 is 3.41. The van der Waals surface area contributed by atoms with E-state index in [9.17, 15) is 4.79 Å². The average molecular weight is 361 g/mol. The molecular formula is C17H17BrN2O2. The van der Waals surface area contributed by atoms with E-state index < -0.39 is 0 Å². The SMILES string of the molecule is Cc1ccc(C(=O)N2CC(Oc3ncccc3Br)C2)cc1C. The Balaban J connectivity index is 1.60. The van der Waals surface area contributed by atoms with Crippen LogP contribution in [-0.4, -0.2) is 35.0 Å². The molecule has 1 saturated heterocycles. The van der Waals surface area contributed by atoms with Gasteiger partial charge in [-0.1, -0.05) is 6.07 Å². The quantitative estimate of drug-likeness (QED) is 0.842. The molecule has 3 rings (SSSR count). The number of benzene rings is 1. The molecule has 0 bridgehead atoms. The second-order valence-electron chi connectivity index (χ2n) is 5.54. The maximum atomic E-state index is 12.4. The van der Waals surface area contributed by atoms with Gasteiger partial charge in [0.15, 0.2) is 0 Å². The van der Waals surface area contributed by atoms with Gasteiger partial charge < -0.3 is 9.64 Å². The molecule has 0 spiro atoms. The van der Waals surface area contributed by atoms with E-state index in [0.29, 0.717) is 19.0 Å². The molecule has 0 unspecified atom stereocenters. The summed E-state index contributed by atoms with van der Waals surface area (Å²) in [5.41, 5.74) is 3.07. The van der Waals surface area contributed by atoms with Crippen LogP contribution in [0.5, 0.6) is 5.88 Å². The Hall–Kier alpha value is -1.88. The summed E-state index contributed by atoms with van der Waals surface area (Å²) in [4.78, 5) is 18.4. The monoisotopic (exact) mass is 360 g/mol. The van der Waals surface area contributed by atoms with Gasteiger partial charge in [0.2, 0.25) is 5.88 Å². The van der Waals surface area contributed by atoms with E-state index in [1.807, 2.05) is 44.2 Å². The van der Waals surface area contributed by atoms with Crippen LogP contribution in [0.15, 0.2) is 41.0 Å². The molecule has 1 fully saturated rings. The van der Waals surface area contributed by atoms with Gasteiger partial charge in [-0.05, 0) is 65.2 Å². The van der Waals surface area contributed by atoms with Crippen molar-refractivity contribution in [1.29, 1.82) is 0 Å². The van der Waals surface area contributed by atoms with Crippen molar-refractivity contribution in [1.82, 2.24) is 9.88 Å². The highest BCUT2D eigenvalue weighted by Gasteiger charge is 2.33. The summed E-state index contributed by atoms with van der Waals surface area (Å²) in [6, 6.07) is 9.54. The second-order valence-corrected chi connectivity index (χ2v) is 6.39. The van der Waals surface area contributed by atoms with Gasteiger partial charge in [-0.2, -0.15) is 0 Å². The van der Waals surface area contributed by atoms with Crippen molar-refractivity contribution in [3.8, 4) is 5.88 Å². The topological polar surface area (TPSA) is 42.4 Å². The lowest BCUT2D eigenvalue weighted by Gasteiger charge is -2.38. The average Bonchev–Trinajstić information content (AvgIpc) is 2.46. The predicted molar refractivity (Wildman–Crippen MR) is 88.2 cm³/mol. The minimum atomic E-state index is 0.00157.